The van der Waals surface area contributed by atoms with E-state index in [9.17, 15) is 0 Å². The molecule has 0 atom stereocenters. The minimum absolute atomic E-state index is 0.358. The molecule has 1 fully saturated rings. The topological polar surface area (TPSA) is 101 Å². The number of hydrogen-bond donors (Lipinski definition) is 3. The first kappa shape index (κ1) is 12.8. The molecule has 18 heavy (non-hydrogen) atoms. The smallest absolute Gasteiger partial charge is 0.223 e. The van der Waals surface area contributed by atoms with Gasteiger partial charge in [0.25, 0.3) is 0 Å². The number of rotatable bonds is 3. The third kappa shape index (κ3) is 3.69. The van der Waals surface area contributed by atoms with Gasteiger partial charge in [-0.3, -0.25) is 5.43 Å². The van der Waals surface area contributed by atoms with Crippen LogP contribution >= 0.6 is 0 Å². The predicted octanol–water partition coefficient (Wildman–Crippen LogP) is 0.620. The number of nitrogens with one attached hydrogen (secondary N) is 2. The summed E-state index contributed by atoms with van der Waals surface area (Å²) in [5, 5.41) is 7.09. The van der Waals surface area contributed by atoms with Crippen LogP contribution in [0.15, 0.2) is 9.52 Å². The van der Waals surface area contributed by atoms with Gasteiger partial charge in [0.15, 0.2) is 5.82 Å². The van der Waals surface area contributed by atoms with E-state index in [1.165, 1.54) is 32.1 Å². The van der Waals surface area contributed by atoms with Crippen molar-refractivity contribution in [2.75, 3.05) is 0 Å². The van der Waals surface area contributed by atoms with Crippen LogP contribution in [-0.4, -0.2) is 22.1 Å². The lowest BCUT2D eigenvalue weighted by Gasteiger charge is -2.24. The average molecular weight is 252 g/mol. The molecule has 0 aromatic carbocycles. The van der Waals surface area contributed by atoms with Crippen molar-refractivity contribution in [3.05, 3.63) is 11.7 Å². The Hall–Kier alpha value is -1.63. The Morgan fingerprint density at radius 2 is 2.22 bits per heavy atom. The zero-order valence-corrected chi connectivity index (χ0v) is 10.6. The molecule has 1 aromatic heterocycles. The fraction of sp³-hybridized carbons (Fsp3) is 0.727. The average Bonchev–Trinajstić information content (AvgIpc) is 2.81. The molecule has 2 rings (SSSR count). The van der Waals surface area contributed by atoms with Crippen LogP contribution in [-0.2, 0) is 6.54 Å². The quantitative estimate of drug-likeness (QED) is 0.315. The van der Waals surface area contributed by atoms with Crippen molar-refractivity contribution in [1.29, 1.82) is 0 Å². The Labute approximate surface area is 106 Å². The molecule has 7 nitrogen and oxygen atoms in total. The fourth-order valence-corrected chi connectivity index (χ4v) is 2.13. The summed E-state index contributed by atoms with van der Waals surface area (Å²) in [6.07, 6.45) is 6.19. The maximum atomic E-state index is 5.45. The van der Waals surface area contributed by atoms with E-state index in [1.54, 1.807) is 6.92 Å². The molecule has 1 aliphatic rings. The highest BCUT2D eigenvalue weighted by Gasteiger charge is 2.14. The third-order valence-corrected chi connectivity index (χ3v) is 3.03. The number of nitrogens with zero attached hydrogens (tertiary/aromatic N) is 3. The largest absolute Gasteiger partial charge is 0.353 e. The molecule has 1 aliphatic carbocycles. The van der Waals surface area contributed by atoms with Crippen LogP contribution in [0, 0.1) is 6.92 Å². The molecular weight excluding hydrogens is 232 g/mol. The third-order valence-electron chi connectivity index (χ3n) is 3.03. The van der Waals surface area contributed by atoms with Crippen molar-refractivity contribution in [3.63, 3.8) is 0 Å². The van der Waals surface area contributed by atoms with E-state index in [4.69, 9.17) is 10.4 Å². The number of aromatic nitrogens is 2. The minimum Gasteiger partial charge on any atom is -0.353 e. The minimum atomic E-state index is 0.358. The second-order valence-corrected chi connectivity index (χ2v) is 4.52. The normalized spacial score (nSPS) is 17.8. The van der Waals surface area contributed by atoms with Crippen molar-refractivity contribution >= 4 is 5.96 Å². The first-order valence-corrected chi connectivity index (χ1v) is 6.34. The summed E-state index contributed by atoms with van der Waals surface area (Å²) in [6, 6.07) is 0.459. The van der Waals surface area contributed by atoms with Gasteiger partial charge in [0.2, 0.25) is 11.9 Å². The molecule has 0 bridgehead atoms. The van der Waals surface area contributed by atoms with E-state index in [2.05, 4.69) is 25.9 Å². The van der Waals surface area contributed by atoms with E-state index >= 15 is 0 Å². The van der Waals surface area contributed by atoms with E-state index in [0.717, 1.165) is 0 Å². The van der Waals surface area contributed by atoms with Gasteiger partial charge in [-0.25, -0.2) is 10.8 Å². The monoisotopic (exact) mass is 252 g/mol. The van der Waals surface area contributed by atoms with E-state index < -0.39 is 0 Å². The van der Waals surface area contributed by atoms with Crippen molar-refractivity contribution < 1.29 is 4.52 Å². The van der Waals surface area contributed by atoms with Gasteiger partial charge < -0.3 is 9.84 Å². The van der Waals surface area contributed by atoms with E-state index in [1.807, 2.05) is 0 Å². The Kier molecular flexibility index (Phi) is 4.52. The lowest BCUT2D eigenvalue weighted by Crippen LogP contribution is -2.47. The zero-order valence-electron chi connectivity index (χ0n) is 10.6. The Morgan fingerprint density at radius 1 is 1.44 bits per heavy atom. The zero-order chi connectivity index (χ0) is 12.8. The maximum Gasteiger partial charge on any atom is 0.223 e. The lowest BCUT2D eigenvalue weighted by atomic mass is 9.96. The number of hydrogen-bond acceptors (Lipinski definition) is 5. The molecule has 0 unspecified atom stereocenters. The van der Waals surface area contributed by atoms with Crippen LogP contribution in [0.3, 0.4) is 0 Å². The summed E-state index contributed by atoms with van der Waals surface area (Å²) < 4.78 is 4.88. The molecule has 0 amide bonds. The van der Waals surface area contributed by atoms with Crippen molar-refractivity contribution in [1.82, 2.24) is 20.9 Å². The highest BCUT2D eigenvalue weighted by molar-refractivity contribution is 5.79. The standard InChI is InChI=1S/C11H20N6O/c1-8-14-10(17-18-8)7-13-11(16-12)15-9-5-3-2-4-6-9/h9H,2-7,12H2,1H3,(H2,13,15,16). The molecule has 0 aliphatic heterocycles. The number of guanidine groups is 1. The number of aliphatic imine (C=N–C) groups is 1. The summed E-state index contributed by atoms with van der Waals surface area (Å²) in [5.41, 5.74) is 2.58. The molecule has 100 valence electrons. The molecule has 1 heterocycles. The van der Waals surface area contributed by atoms with Crippen LogP contribution in [0.25, 0.3) is 0 Å². The maximum absolute atomic E-state index is 5.45. The summed E-state index contributed by atoms with van der Waals surface area (Å²) in [6.45, 7) is 2.11. The number of aryl methyl sites for hydroxylation is 1. The van der Waals surface area contributed by atoms with Gasteiger partial charge in [-0.05, 0) is 12.8 Å². The van der Waals surface area contributed by atoms with E-state index in [-0.39, 0.29) is 0 Å². The highest BCUT2D eigenvalue weighted by atomic mass is 16.5. The fourth-order valence-electron chi connectivity index (χ4n) is 2.13. The summed E-state index contributed by atoms with van der Waals surface area (Å²) in [4.78, 5) is 8.39. The number of hydrazine groups is 1. The van der Waals surface area contributed by atoms with Gasteiger partial charge in [0.05, 0.1) is 0 Å². The number of nitrogens with two attached hydrogens (primary N) is 1. The molecule has 1 aromatic rings. The highest BCUT2D eigenvalue weighted by Crippen LogP contribution is 2.17. The van der Waals surface area contributed by atoms with Crippen LogP contribution in [0.4, 0.5) is 0 Å². The molecule has 0 radical (unpaired) electrons. The van der Waals surface area contributed by atoms with Gasteiger partial charge in [-0.2, -0.15) is 4.98 Å². The first-order valence-electron chi connectivity index (χ1n) is 6.34. The van der Waals surface area contributed by atoms with Crippen LogP contribution < -0.4 is 16.6 Å². The molecular formula is C11H20N6O. The second-order valence-electron chi connectivity index (χ2n) is 4.52. The van der Waals surface area contributed by atoms with Crippen molar-refractivity contribution in [3.8, 4) is 0 Å². The molecule has 0 saturated heterocycles. The second kappa shape index (κ2) is 6.34. The van der Waals surface area contributed by atoms with Gasteiger partial charge >= 0.3 is 0 Å². The summed E-state index contributed by atoms with van der Waals surface area (Å²) in [5.74, 6) is 7.14. The van der Waals surface area contributed by atoms with Crippen LogP contribution in [0.1, 0.15) is 43.8 Å². The Balaban J connectivity index is 1.86. The summed E-state index contributed by atoms with van der Waals surface area (Å²) in [7, 11) is 0. The van der Waals surface area contributed by atoms with Gasteiger partial charge in [-0.15, -0.1) is 0 Å². The lowest BCUT2D eigenvalue weighted by molar-refractivity contribution is 0.387. The van der Waals surface area contributed by atoms with Gasteiger partial charge in [-0.1, -0.05) is 24.4 Å². The SMILES string of the molecule is Cc1nc(CN=C(NN)NC2CCCCC2)no1. The Morgan fingerprint density at radius 3 is 2.83 bits per heavy atom. The van der Waals surface area contributed by atoms with Crippen LogP contribution in [0.2, 0.25) is 0 Å². The summed E-state index contributed by atoms with van der Waals surface area (Å²) >= 11 is 0. The van der Waals surface area contributed by atoms with E-state index in [0.29, 0.717) is 30.3 Å². The van der Waals surface area contributed by atoms with Gasteiger partial charge in [0.1, 0.15) is 6.54 Å². The Bertz CT molecular complexity index is 396. The van der Waals surface area contributed by atoms with Crippen LogP contribution in [0.5, 0.6) is 0 Å². The predicted molar refractivity (Wildman–Crippen MR) is 67.5 cm³/mol. The first-order chi connectivity index (χ1) is 8.78. The molecule has 7 heteroatoms. The molecule has 4 N–H and O–H groups in total. The molecule has 0 spiro atoms. The molecule has 1 saturated carbocycles. The van der Waals surface area contributed by atoms with Crippen molar-refractivity contribution in [2.45, 2.75) is 51.6 Å². The van der Waals surface area contributed by atoms with Crippen molar-refractivity contribution in [2.24, 2.45) is 10.8 Å². The van der Waals surface area contributed by atoms with Gasteiger partial charge in [0, 0.05) is 13.0 Å².